The minimum Gasteiger partial charge on any atom is -0.344 e. The van der Waals surface area contributed by atoms with Gasteiger partial charge in [0.1, 0.15) is 0 Å². The fraction of sp³-hybridized carbons (Fsp3) is 0.300. The number of carbonyl (C=O) groups is 1. The number of amides is 1. The summed E-state index contributed by atoms with van der Waals surface area (Å²) in [6.07, 6.45) is 0.518. The Balaban J connectivity index is 1.63. The Bertz CT molecular complexity index is 1070. The zero-order valence-electron chi connectivity index (χ0n) is 15.4. The molecule has 1 saturated heterocycles. The van der Waals surface area contributed by atoms with Crippen molar-refractivity contribution in [3.63, 3.8) is 0 Å². The van der Waals surface area contributed by atoms with Crippen molar-refractivity contribution in [3.8, 4) is 10.6 Å². The van der Waals surface area contributed by atoms with Crippen LogP contribution in [0.3, 0.4) is 0 Å². The average molecular weight is 416 g/mol. The second kappa shape index (κ2) is 7.52. The molecular formula is C20H21N3O3S2. The van der Waals surface area contributed by atoms with Gasteiger partial charge in [-0.25, -0.2) is 8.42 Å². The molecule has 0 spiro atoms. The molecule has 6 nitrogen and oxygen atoms in total. The lowest BCUT2D eigenvalue weighted by atomic mass is 10.1. The van der Waals surface area contributed by atoms with Crippen molar-refractivity contribution in [1.29, 1.82) is 0 Å². The summed E-state index contributed by atoms with van der Waals surface area (Å²) >= 11 is 1.54. The molecule has 28 heavy (non-hydrogen) atoms. The number of nitrogens with zero attached hydrogens (tertiary/aromatic N) is 2. The third-order valence-electron chi connectivity index (χ3n) is 4.94. The quantitative estimate of drug-likeness (QED) is 0.692. The Morgan fingerprint density at radius 1 is 1.25 bits per heavy atom. The third kappa shape index (κ3) is 3.88. The lowest BCUT2D eigenvalue weighted by Crippen LogP contribution is -2.27. The molecule has 1 amide bonds. The van der Waals surface area contributed by atoms with E-state index in [-0.39, 0.29) is 29.5 Å². The molecule has 1 aliphatic heterocycles. The predicted octanol–water partition coefficient (Wildman–Crippen LogP) is 3.46. The number of sulfone groups is 1. The summed E-state index contributed by atoms with van der Waals surface area (Å²) in [6.45, 7) is 1.92. The zero-order valence-corrected chi connectivity index (χ0v) is 17.0. The van der Waals surface area contributed by atoms with Gasteiger partial charge in [0.05, 0.1) is 34.2 Å². The van der Waals surface area contributed by atoms with Crippen molar-refractivity contribution >= 4 is 27.1 Å². The van der Waals surface area contributed by atoms with Gasteiger partial charge in [0, 0.05) is 0 Å². The van der Waals surface area contributed by atoms with Gasteiger partial charge in [0.15, 0.2) is 15.5 Å². The second-order valence-corrected chi connectivity index (χ2v) is 10.2. The molecule has 2 aromatic heterocycles. The van der Waals surface area contributed by atoms with E-state index in [4.69, 9.17) is 0 Å². The summed E-state index contributed by atoms with van der Waals surface area (Å²) in [5.74, 6) is -0.0450. The maximum atomic E-state index is 12.8. The number of rotatable bonds is 5. The Labute approximate surface area is 168 Å². The monoisotopic (exact) mass is 415 g/mol. The Hall–Kier alpha value is -2.45. The van der Waals surface area contributed by atoms with Crippen LogP contribution < -0.4 is 5.32 Å². The smallest absolute Gasteiger partial charge is 0.272 e. The van der Waals surface area contributed by atoms with E-state index in [1.807, 2.05) is 54.8 Å². The summed E-state index contributed by atoms with van der Waals surface area (Å²) in [5.41, 5.74) is 2.10. The first-order valence-corrected chi connectivity index (χ1v) is 11.8. The van der Waals surface area contributed by atoms with Crippen molar-refractivity contribution in [2.45, 2.75) is 25.4 Å². The highest BCUT2D eigenvalue weighted by molar-refractivity contribution is 7.91. The number of nitrogens with one attached hydrogen (secondary N) is 1. The van der Waals surface area contributed by atoms with Crippen LogP contribution in [0.4, 0.5) is 0 Å². The van der Waals surface area contributed by atoms with Crippen molar-refractivity contribution in [2.75, 3.05) is 11.5 Å². The second-order valence-electron chi connectivity index (χ2n) is 7.00. The normalized spacial score (nSPS) is 19.4. The molecule has 1 N–H and O–H groups in total. The van der Waals surface area contributed by atoms with Crippen LogP contribution in [0.2, 0.25) is 0 Å². The SMILES string of the molecule is CC(NC(=O)c1cc(-c2cccs2)n(C2CCS(=O)(=O)C2)n1)c1ccccc1. The van der Waals surface area contributed by atoms with Crippen molar-refractivity contribution < 1.29 is 13.2 Å². The highest BCUT2D eigenvalue weighted by Crippen LogP contribution is 2.32. The molecule has 0 aliphatic carbocycles. The summed E-state index contributed by atoms with van der Waals surface area (Å²) in [7, 11) is -3.05. The van der Waals surface area contributed by atoms with Crippen LogP contribution in [0.5, 0.6) is 0 Å². The molecule has 8 heteroatoms. The molecule has 2 unspecified atom stereocenters. The molecule has 3 heterocycles. The number of carbonyl (C=O) groups excluding carboxylic acids is 1. The fourth-order valence-electron chi connectivity index (χ4n) is 3.46. The van der Waals surface area contributed by atoms with Crippen molar-refractivity contribution in [2.24, 2.45) is 0 Å². The van der Waals surface area contributed by atoms with Crippen LogP contribution in [-0.2, 0) is 9.84 Å². The largest absolute Gasteiger partial charge is 0.344 e. The van der Waals surface area contributed by atoms with Gasteiger partial charge in [-0.3, -0.25) is 9.48 Å². The molecule has 1 aromatic carbocycles. The van der Waals surface area contributed by atoms with Crippen LogP contribution in [0.25, 0.3) is 10.6 Å². The highest BCUT2D eigenvalue weighted by Gasteiger charge is 2.32. The lowest BCUT2D eigenvalue weighted by Gasteiger charge is -2.13. The van der Waals surface area contributed by atoms with E-state index in [1.165, 1.54) is 0 Å². The van der Waals surface area contributed by atoms with E-state index < -0.39 is 9.84 Å². The number of benzene rings is 1. The standard InChI is InChI=1S/C20H21N3O3S2/c1-14(15-6-3-2-4-7-15)21-20(24)17-12-18(19-8-5-10-27-19)23(22-17)16-9-11-28(25,26)13-16/h2-8,10,12,14,16H,9,11,13H2,1H3,(H,21,24). The van der Waals surface area contributed by atoms with Gasteiger partial charge in [-0.1, -0.05) is 36.4 Å². The lowest BCUT2D eigenvalue weighted by molar-refractivity contribution is 0.0933. The van der Waals surface area contributed by atoms with Gasteiger partial charge in [-0.2, -0.15) is 5.10 Å². The first-order chi connectivity index (χ1) is 13.4. The number of thiophene rings is 1. The number of hydrogen-bond acceptors (Lipinski definition) is 5. The van der Waals surface area contributed by atoms with E-state index >= 15 is 0 Å². The van der Waals surface area contributed by atoms with Gasteiger partial charge in [-0.05, 0) is 36.4 Å². The van der Waals surface area contributed by atoms with E-state index in [0.717, 1.165) is 16.1 Å². The van der Waals surface area contributed by atoms with Crippen molar-refractivity contribution in [1.82, 2.24) is 15.1 Å². The van der Waals surface area contributed by atoms with Gasteiger partial charge in [0.25, 0.3) is 5.91 Å². The minimum atomic E-state index is -3.05. The maximum absolute atomic E-state index is 12.8. The van der Waals surface area contributed by atoms with Crippen LogP contribution in [0, 0.1) is 0 Å². The Morgan fingerprint density at radius 3 is 2.68 bits per heavy atom. The van der Waals surface area contributed by atoms with Gasteiger partial charge < -0.3 is 5.32 Å². The van der Waals surface area contributed by atoms with Gasteiger partial charge in [0.2, 0.25) is 0 Å². The minimum absolute atomic E-state index is 0.0640. The van der Waals surface area contributed by atoms with Gasteiger partial charge >= 0.3 is 0 Å². The first kappa shape index (κ1) is 18.9. The first-order valence-electron chi connectivity index (χ1n) is 9.12. The third-order valence-corrected chi connectivity index (χ3v) is 7.59. The topological polar surface area (TPSA) is 81.1 Å². The zero-order chi connectivity index (χ0) is 19.7. The van der Waals surface area contributed by atoms with Crippen molar-refractivity contribution in [3.05, 3.63) is 65.2 Å². The van der Waals surface area contributed by atoms with Crippen LogP contribution in [0.1, 0.15) is 41.5 Å². The van der Waals surface area contributed by atoms with E-state index in [0.29, 0.717) is 12.1 Å². The van der Waals surface area contributed by atoms with Crippen LogP contribution in [0.15, 0.2) is 53.9 Å². The predicted molar refractivity (Wildman–Crippen MR) is 110 cm³/mol. The molecule has 146 valence electrons. The molecule has 1 fully saturated rings. The molecule has 4 rings (SSSR count). The summed E-state index contributed by atoms with van der Waals surface area (Å²) in [4.78, 5) is 13.8. The summed E-state index contributed by atoms with van der Waals surface area (Å²) in [6, 6.07) is 15.0. The molecule has 0 saturated carbocycles. The molecule has 3 aromatic rings. The van der Waals surface area contributed by atoms with E-state index in [2.05, 4.69) is 10.4 Å². The number of hydrogen-bond donors (Lipinski definition) is 1. The van der Waals surface area contributed by atoms with Gasteiger partial charge in [-0.15, -0.1) is 11.3 Å². The Morgan fingerprint density at radius 2 is 2.04 bits per heavy atom. The Kier molecular flexibility index (Phi) is 5.07. The summed E-state index contributed by atoms with van der Waals surface area (Å²) < 4.78 is 25.6. The molecule has 2 atom stereocenters. The van der Waals surface area contributed by atoms with E-state index in [1.54, 1.807) is 22.1 Å². The average Bonchev–Trinajstić information content (AvgIpc) is 3.40. The summed E-state index contributed by atoms with van der Waals surface area (Å²) in [5, 5.41) is 9.44. The molecule has 0 bridgehead atoms. The molecular weight excluding hydrogens is 394 g/mol. The fourth-order valence-corrected chi connectivity index (χ4v) is 5.88. The highest BCUT2D eigenvalue weighted by atomic mass is 32.2. The number of aromatic nitrogens is 2. The maximum Gasteiger partial charge on any atom is 0.272 e. The molecule has 1 aliphatic rings. The van der Waals surface area contributed by atoms with Crippen LogP contribution in [-0.4, -0.2) is 35.6 Å². The van der Waals surface area contributed by atoms with E-state index in [9.17, 15) is 13.2 Å². The van der Waals surface area contributed by atoms with Crippen LogP contribution >= 0.6 is 11.3 Å². The molecule has 0 radical (unpaired) electrons.